The zero-order valence-corrected chi connectivity index (χ0v) is 9.45. The minimum Gasteiger partial charge on any atom is -0.465 e. The van der Waals surface area contributed by atoms with Gasteiger partial charge >= 0.3 is 0 Å². The van der Waals surface area contributed by atoms with Gasteiger partial charge in [-0.1, -0.05) is 6.92 Å². The first kappa shape index (κ1) is 10.7. The third-order valence-corrected chi connectivity index (χ3v) is 3.06. The summed E-state index contributed by atoms with van der Waals surface area (Å²) in [5.74, 6) is 2.10. The second-order valence-electron chi connectivity index (χ2n) is 4.13. The van der Waals surface area contributed by atoms with Crippen LogP contribution in [-0.2, 0) is 17.7 Å². The monoisotopic (exact) mass is 209 g/mol. The number of hydrogen-bond donors (Lipinski definition) is 1. The van der Waals surface area contributed by atoms with E-state index in [1.165, 1.54) is 0 Å². The van der Waals surface area contributed by atoms with Crippen LogP contribution in [0.15, 0.2) is 16.5 Å². The van der Waals surface area contributed by atoms with Gasteiger partial charge in [0.05, 0.1) is 12.6 Å². The van der Waals surface area contributed by atoms with E-state index in [1.54, 1.807) is 7.11 Å². The second kappa shape index (κ2) is 4.81. The van der Waals surface area contributed by atoms with Crippen LogP contribution in [0.2, 0.25) is 0 Å². The van der Waals surface area contributed by atoms with E-state index in [4.69, 9.17) is 9.15 Å². The van der Waals surface area contributed by atoms with Gasteiger partial charge in [-0.25, -0.2) is 0 Å². The molecule has 0 amide bonds. The Morgan fingerprint density at radius 1 is 1.40 bits per heavy atom. The average Bonchev–Trinajstić information content (AvgIpc) is 2.64. The molecule has 0 saturated heterocycles. The van der Waals surface area contributed by atoms with Crippen LogP contribution >= 0.6 is 0 Å². The molecule has 84 valence electrons. The molecule has 1 aliphatic carbocycles. The zero-order valence-electron chi connectivity index (χ0n) is 9.45. The first-order valence-corrected chi connectivity index (χ1v) is 5.65. The maximum atomic E-state index is 5.61. The quantitative estimate of drug-likeness (QED) is 0.806. The summed E-state index contributed by atoms with van der Waals surface area (Å²) in [4.78, 5) is 0. The molecule has 1 fully saturated rings. The third-order valence-electron chi connectivity index (χ3n) is 3.06. The number of nitrogens with one attached hydrogen (secondary N) is 1. The Kier molecular flexibility index (Phi) is 3.44. The molecule has 0 aromatic carbocycles. The first-order chi connectivity index (χ1) is 7.31. The van der Waals surface area contributed by atoms with Crippen molar-refractivity contribution in [2.45, 2.75) is 44.9 Å². The Morgan fingerprint density at radius 3 is 2.73 bits per heavy atom. The fourth-order valence-corrected chi connectivity index (χ4v) is 1.88. The van der Waals surface area contributed by atoms with Gasteiger partial charge in [0.2, 0.25) is 0 Å². The first-order valence-electron chi connectivity index (χ1n) is 5.65. The molecular formula is C12H19NO2. The van der Waals surface area contributed by atoms with E-state index in [1.807, 2.05) is 0 Å². The molecule has 0 unspecified atom stereocenters. The van der Waals surface area contributed by atoms with Crippen molar-refractivity contribution in [3.8, 4) is 0 Å². The predicted octanol–water partition coefficient (Wildman–Crippen LogP) is 2.11. The number of rotatable bonds is 5. The molecule has 1 aromatic heterocycles. The van der Waals surface area contributed by atoms with Crippen LogP contribution in [0.3, 0.4) is 0 Å². The molecule has 1 aliphatic rings. The summed E-state index contributed by atoms with van der Waals surface area (Å²) >= 11 is 0. The molecule has 1 heterocycles. The Bertz CT molecular complexity index is 302. The van der Waals surface area contributed by atoms with E-state index in [9.17, 15) is 0 Å². The summed E-state index contributed by atoms with van der Waals surface area (Å²) in [6.45, 7) is 2.94. The summed E-state index contributed by atoms with van der Waals surface area (Å²) < 4.78 is 10.8. The van der Waals surface area contributed by atoms with Crippen LogP contribution in [0.25, 0.3) is 0 Å². The minimum absolute atomic E-state index is 0.463. The maximum Gasteiger partial charge on any atom is 0.117 e. The van der Waals surface area contributed by atoms with Gasteiger partial charge in [0.25, 0.3) is 0 Å². The number of furan rings is 1. The Hall–Kier alpha value is -0.800. The lowest BCUT2D eigenvalue weighted by atomic mass is 9.89. The minimum atomic E-state index is 0.463. The lowest BCUT2D eigenvalue weighted by molar-refractivity contribution is 0.0165. The number of hydrogen-bond acceptors (Lipinski definition) is 3. The molecule has 15 heavy (non-hydrogen) atoms. The van der Waals surface area contributed by atoms with E-state index < -0.39 is 0 Å². The van der Waals surface area contributed by atoms with Crippen molar-refractivity contribution in [3.05, 3.63) is 23.7 Å². The summed E-state index contributed by atoms with van der Waals surface area (Å²) in [7, 11) is 1.78. The van der Waals surface area contributed by atoms with Crippen LogP contribution in [0.1, 0.15) is 31.3 Å². The molecule has 0 atom stereocenters. The second-order valence-corrected chi connectivity index (χ2v) is 4.13. The SMILES string of the molecule is CCc1ccc(CNC2CC(OC)C2)o1. The molecule has 1 N–H and O–H groups in total. The van der Waals surface area contributed by atoms with Gasteiger partial charge in [0.1, 0.15) is 11.5 Å². The van der Waals surface area contributed by atoms with E-state index in [-0.39, 0.29) is 0 Å². The molecule has 1 aromatic rings. The van der Waals surface area contributed by atoms with Gasteiger partial charge in [0, 0.05) is 19.6 Å². The van der Waals surface area contributed by atoms with Crippen molar-refractivity contribution in [1.29, 1.82) is 0 Å². The molecule has 3 heteroatoms. The van der Waals surface area contributed by atoms with Gasteiger partial charge in [-0.05, 0) is 25.0 Å². The third kappa shape index (κ3) is 2.61. The highest BCUT2D eigenvalue weighted by Crippen LogP contribution is 2.22. The van der Waals surface area contributed by atoms with E-state index in [0.717, 1.165) is 37.3 Å². The number of aryl methyl sites for hydroxylation is 1. The van der Waals surface area contributed by atoms with E-state index >= 15 is 0 Å². The predicted molar refractivity (Wildman–Crippen MR) is 58.7 cm³/mol. The lowest BCUT2D eigenvalue weighted by Gasteiger charge is -2.34. The Labute approximate surface area is 90.8 Å². The van der Waals surface area contributed by atoms with Gasteiger partial charge in [-0.2, -0.15) is 0 Å². The molecule has 0 spiro atoms. The van der Waals surface area contributed by atoms with Crippen LogP contribution in [0.4, 0.5) is 0 Å². The largest absolute Gasteiger partial charge is 0.465 e. The molecule has 0 aliphatic heterocycles. The highest BCUT2D eigenvalue weighted by atomic mass is 16.5. The van der Waals surface area contributed by atoms with E-state index in [0.29, 0.717) is 12.1 Å². The van der Waals surface area contributed by atoms with Crippen molar-refractivity contribution in [2.24, 2.45) is 0 Å². The smallest absolute Gasteiger partial charge is 0.117 e. The van der Waals surface area contributed by atoms with Crippen molar-refractivity contribution in [1.82, 2.24) is 5.32 Å². The van der Waals surface area contributed by atoms with Gasteiger partial charge < -0.3 is 14.5 Å². The molecule has 2 rings (SSSR count). The topological polar surface area (TPSA) is 34.4 Å². The maximum absolute atomic E-state index is 5.61. The van der Waals surface area contributed by atoms with Crippen LogP contribution in [0, 0.1) is 0 Å². The number of ether oxygens (including phenoxy) is 1. The molecule has 3 nitrogen and oxygen atoms in total. The van der Waals surface area contributed by atoms with Crippen LogP contribution < -0.4 is 5.32 Å². The Morgan fingerprint density at radius 2 is 2.13 bits per heavy atom. The fraction of sp³-hybridized carbons (Fsp3) is 0.667. The summed E-state index contributed by atoms with van der Waals surface area (Å²) in [6.07, 6.45) is 3.68. The normalized spacial score (nSPS) is 25.2. The standard InChI is InChI=1S/C12H19NO2/c1-3-10-4-5-11(15-10)8-13-9-6-12(7-9)14-2/h4-5,9,12-13H,3,6-8H2,1-2H3. The molecule has 0 bridgehead atoms. The summed E-state index contributed by atoms with van der Waals surface area (Å²) in [6, 6.07) is 4.71. The zero-order chi connectivity index (χ0) is 10.7. The van der Waals surface area contributed by atoms with Crippen molar-refractivity contribution in [2.75, 3.05) is 7.11 Å². The molecule has 1 saturated carbocycles. The number of methoxy groups -OCH3 is 1. The summed E-state index contributed by atoms with van der Waals surface area (Å²) in [5, 5.41) is 3.46. The summed E-state index contributed by atoms with van der Waals surface area (Å²) in [5.41, 5.74) is 0. The van der Waals surface area contributed by atoms with Crippen molar-refractivity contribution >= 4 is 0 Å². The van der Waals surface area contributed by atoms with Crippen LogP contribution in [0.5, 0.6) is 0 Å². The van der Waals surface area contributed by atoms with Gasteiger partial charge in [0.15, 0.2) is 0 Å². The Balaban J connectivity index is 1.70. The van der Waals surface area contributed by atoms with Crippen molar-refractivity contribution in [3.63, 3.8) is 0 Å². The molecular weight excluding hydrogens is 190 g/mol. The van der Waals surface area contributed by atoms with E-state index in [2.05, 4.69) is 24.4 Å². The molecule has 0 radical (unpaired) electrons. The fourth-order valence-electron chi connectivity index (χ4n) is 1.88. The van der Waals surface area contributed by atoms with Crippen LogP contribution in [-0.4, -0.2) is 19.3 Å². The highest BCUT2D eigenvalue weighted by molar-refractivity contribution is 5.07. The lowest BCUT2D eigenvalue weighted by Crippen LogP contribution is -2.44. The van der Waals surface area contributed by atoms with Gasteiger partial charge in [-0.15, -0.1) is 0 Å². The van der Waals surface area contributed by atoms with Gasteiger partial charge in [-0.3, -0.25) is 0 Å². The van der Waals surface area contributed by atoms with Crippen molar-refractivity contribution < 1.29 is 9.15 Å². The average molecular weight is 209 g/mol. The highest BCUT2D eigenvalue weighted by Gasteiger charge is 2.28.